The van der Waals surface area contributed by atoms with Gasteiger partial charge < -0.3 is 19.3 Å². The number of rotatable bonds is 16. The second-order valence-electron chi connectivity index (χ2n) is 15.6. The molecule has 3 aliphatic rings. The number of fused-ring (bicyclic) bond motifs is 1. The van der Waals surface area contributed by atoms with E-state index in [1.165, 1.54) is 66.3 Å². The standard InChI is InChI=1S/C43H56ClNO5/c1-6-43(41(46)47)27-45(28-43)26-30-24-36(44)40(25-39(30)48-7-2)50-38-21-20-34-33(17-11-18-35(34)38)32-16-12-19-37(29(32)3)49-23-10-8-9-14-31-15-13-22-42(31,4)5/h11-12,16-19,24-25,31,38H,6-10,13-15,20-23,26-28H2,1-5H3,(H,46,47)/t31?,38-/m0/s1. The predicted octanol–water partition coefficient (Wildman–Crippen LogP) is 10.8. The number of benzene rings is 3. The molecule has 1 saturated carbocycles. The summed E-state index contributed by atoms with van der Waals surface area (Å²) in [6.07, 6.45) is 11.4. The Bertz CT molecular complexity index is 1660. The first-order valence-electron chi connectivity index (χ1n) is 19.0. The van der Waals surface area contributed by atoms with Gasteiger partial charge >= 0.3 is 5.97 Å². The Balaban J connectivity index is 1.10. The highest BCUT2D eigenvalue weighted by Crippen LogP contribution is 2.46. The number of unbranched alkanes of at least 4 members (excludes halogenated alkanes) is 2. The molecule has 0 spiro atoms. The number of carboxylic acid groups (broad SMARTS) is 1. The quantitative estimate of drug-likeness (QED) is 0.150. The zero-order chi connectivity index (χ0) is 35.5. The number of carboxylic acids is 1. The lowest BCUT2D eigenvalue weighted by Crippen LogP contribution is -2.59. The van der Waals surface area contributed by atoms with Gasteiger partial charge in [0.1, 0.15) is 23.4 Å². The lowest BCUT2D eigenvalue weighted by molar-refractivity contribution is -0.161. The molecule has 6 nitrogen and oxygen atoms in total. The summed E-state index contributed by atoms with van der Waals surface area (Å²) in [4.78, 5) is 13.9. The van der Waals surface area contributed by atoms with E-state index < -0.39 is 11.4 Å². The van der Waals surface area contributed by atoms with Crippen LogP contribution in [-0.2, 0) is 17.8 Å². The summed E-state index contributed by atoms with van der Waals surface area (Å²) in [5.41, 5.74) is 6.96. The van der Waals surface area contributed by atoms with Gasteiger partial charge in [0.25, 0.3) is 0 Å². The zero-order valence-corrected chi connectivity index (χ0v) is 31.5. The van der Waals surface area contributed by atoms with E-state index in [1.807, 2.05) is 26.0 Å². The zero-order valence-electron chi connectivity index (χ0n) is 30.8. The van der Waals surface area contributed by atoms with Crippen molar-refractivity contribution >= 4 is 17.6 Å². The maximum atomic E-state index is 11.8. The summed E-state index contributed by atoms with van der Waals surface area (Å²) in [5, 5.41) is 10.2. The fraction of sp³-hybridized carbons (Fsp3) is 0.558. The fourth-order valence-electron chi connectivity index (χ4n) is 8.74. The average Bonchev–Trinajstić information content (AvgIpc) is 3.64. The predicted molar refractivity (Wildman–Crippen MR) is 202 cm³/mol. The van der Waals surface area contributed by atoms with Crippen molar-refractivity contribution < 1.29 is 24.1 Å². The summed E-state index contributed by atoms with van der Waals surface area (Å²) in [6, 6.07) is 16.8. The molecular formula is C43H56ClNO5. The SMILES string of the molecule is CCOc1cc(O[C@H]2CCc3c(-c4cccc(OCCCCCC5CCCC5(C)C)c4C)cccc32)c(Cl)cc1CN1CC(CC)(C(=O)O)C1. The summed E-state index contributed by atoms with van der Waals surface area (Å²) < 4.78 is 19.1. The molecule has 0 bridgehead atoms. The molecule has 7 heteroatoms. The van der Waals surface area contributed by atoms with Gasteiger partial charge in [0.05, 0.1) is 23.7 Å². The van der Waals surface area contributed by atoms with Crippen LogP contribution in [0, 0.1) is 23.7 Å². The largest absolute Gasteiger partial charge is 0.493 e. The number of hydrogen-bond donors (Lipinski definition) is 1. The molecule has 0 aromatic heterocycles. The van der Waals surface area contributed by atoms with Crippen LogP contribution in [0.3, 0.4) is 0 Å². The second-order valence-corrected chi connectivity index (χ2v) is 16.0. The Labute approximate surface area is 304 Å². The van der Waals surface area contributed by atoms with Crippen molar-refractivity contribution in [2.45, 2.75) is 111 Å². The first kappa shape index (κ1) is 36.6. The summed E-state index contributed by atoms with van der Waals surface area (Å²) >= 11 is 6.85. The van der Waals surface area contributed by atoms with E-state index >= 15 is 0 Å². The van der Waals surface area contributed by atoms with Crippen LogP contribution in [0.1, 0.15) is 114 Å². The van der Waals surface area contributed by atoms with Crippen LogP contribution in [0.5, 0.6) is 17.2 Å². The normalized spacial score (nSPS) is 20.7. The summed E-state index contributed by atoms with van der Waals surface area (Å²) in [7, 11) is 0. The molecule has 3 aromatic carbocycles. The van der Waals surface area contributed by atoms with Gasteiger partial charge in [-0.1, -0.05) is 82.0 Å². The third-order valence-corrected chi connectivity index (χ3v) is 12.3. The van der Waals surface area contributed by atoms with E-state index in [1.54, 1.807) is 0 Å². The van der Waals surface area contributed by atoms with E-state index in [0.717, 1.165) is 48.8 Å². The van der Waals surface area contributed by atoms with Gasteiger partial charge in [0.2, 0.25) is 0 Å². The van der Waals surface area contributed by atoms with Crippen molar-refractivity contribution in [2.24, 2.45) is 16.7 Å². The number of nitrogens with zero attached hydrogens (tertiary/aromatic N) is 1. The molecule has 1 saturated heterocycles. The third kappa shape index (κ3) is 7.67. The molecule has 2 fully saturated rings. The van der Waals surface area contributed by atoms with Gasteiger partial charge in [-0.3, -0.25) is 9.69 Å². The molecule has 1 heterocycles. The first-order valence-corrected chi connectivity index (χ1v) is 19.3. The van der Waals surface area contributed by atoms with Crippen molar-refractivity contribution in [3.8, 4) is 28.4 Å². The monoisotopic (exact) mass is 701 g/mol. The van der Waals surface area contributed by atoms with Crippen molar-refractivity contribution in [1.29, 1.82) is 0 Å². The van der Waals surface area contributed by atoms with E-state index in [4.69, 9.17) is 25.8 Å². The minimum atomic E-state index is -0.723. The smallest absolute Gasteiger partial charge is 0.312 e. The maximum Gasteiger partial charge on any atom is 0.312 e. The Morgan fingerprint density at radius 2 is 1.74 bits per heavy atom. The van der Waals surface area contributed by atoms with Crippen LogP contribution in [0.25, 0.3) is 11.1 Å². The van der Waals surface area contributed by atoms with Gasteiger partial charge in [-0.2, -0.15) is 0 Å². The Hall–Kier alpha value is -3.22. The first-order chi connectivity index (χ1) is 24.0. The number of likely N-dealkylation sites (tertiary alicyclic amines) is 1. The minimum absolute atomic E-state index is 0.117. The van der Waals surface area contributed by atoms with Gasteiger partial charge in [0.15, 0.2) is 0 Å². The highest BCUT2D eigenvalue weighted by Gasteiger charge is 2.48. The van der Waals surface area contributed by atoms with Gasteiger partial charge in [-0.15, -0.1) is 0 Å². The van der Waals surface area contributed by atoms with Gasteiger partial charge in [-0.25, -0.2) is 0 Å². The average molecular weight is 702 g/mol. The molecule has 1 N–H and O–H groups in total. The number of ether oxygens (including phenoxy) is 3. The van der Waals surface area contributed by atoms with Crippen molar-refractivity contribution in [1.82, 2.24) is 4.90 Å². The molecule has 2 atom stereocenters. The molecule has 0 radical (unpaired) electrons. The lowest BCUT2D eigenvalue weighted by atomic mass is 9.77. The molecule has 6 rings (SSSR count). The molecule has 1 unspecified atom stereocenters. The van der Waals surface area contributed by atoms with Crippen LogP contribution in [0.4, 0.5) is 0 Å². The second kappa shape index (κ2) is 15.6. The maximum absolute atomic E-state index is 11.8. The number of hydrogen-bond acceptors (Lipinski definition) is 5. The Morgan fingerprint density at radius 3 is 2.46 bits per heavy atom. The minimum Gasteiger partial charge on any atom is -0.493 e. The third-order valence-electron chi connectivity index (χ3n) is 12.0. The molecule has 1 aliphatic heterocycles. The Morgan fingerprint density at radius 1 is 0.960 bits per heavy atom. The topological polar surface area (TPSA) is 68.2 Å². The number of halogens is 1. The van der Waals surface area contributed by atoms with E-state index in [0.29, 0.717) is 48.8 Å². The number of carbonyl (C=O) groups is 1. The van der Waals surface area contributed by atoms with Crippen LogP contribution < -0.4 is 14.2 Å². The van der Waals surface area contributed by atoms with Gasteiger partial charge in [-0.05, 0) is 110 Å². The fourth-order valence-corrected chi connectivity index (χ4v) is 8.98. The molecule has 0 amide bonds. The van der Waals surface area contributed by atoms with Crippen LogP contribution in [-0.4, -0.2) is 42.3 Å². The van der Waals surface area contributed by atoms with E-state index in [-0.39, 0.29) is 6.10 Å². The number of aliphatic carboxylic acids is 1. The highest BCUT2D eigenvalue weighted by molar-refractivity contribution is 6.32. The molecule has 270 valence electrons. The van der Waals surface area contributed by atoms with Crippen LogP contribution in [0.15, 0.2) is 48.5 Å². The van der Waals surface area contributed by atoms with Crippen molar-refractivity contribution in [2.75, 3.05) is 26.3 Å². The van der Waals surface area contributed by atoms with Crippen LogP contribution >= 0.6 is 11.6 Å². The van der Waals surface area contributed by atoms with E-state index in [9.17, 15) is 9.90 Å². The van der Waals surface area contributed by atoms with Gasteiger partial charge in [0, 0.05) is 31.3 Å². The molecular weight excluding hydrogens is 646 g/mol. The summed E-state index contributed by atoms with van der Waals surface area (Å²) in [6.45, 7) is 13.9. The van der Waals surface area contributed by atoms with Crippen molar-refractivity contribution in [3.05, 3.63) is 75.8 Å². The highest BCUT2D eigenvalue weighted by atomic mass is 35.5. The Kier molecular flexibility index (Phi) is 11.4. The van der Waals surface area contributed by atoms with Crippen LogP contribution in [0.2, 0.25) is 5.02 Å². The van der Waals surface area contributed by atoms with E-state index in [2.05, 4.69) is 62.1 Å². The molecule has 3 aromatic rings. The van der Waals surface area contributed by atoms with Crippen molar-refractivity contribution in [3.63, 3.8) is 0 Å². The molecule has 2 aliphatic carbocycles. The molecule has 50 heavy (non-hydrogen) atoms. The summed E-state index contributed by atoms with van der Waals surface area (Å²) in [5.74, 6) is 2.47. The lowest BCUT2D eigenvalue weighted by Gasteiger charge is -2.47.